The number of aromatic nitrogens is 5. The molecule has 0 saturated carbocycles. The first-order chi connectivity index (χ1) is 27.7. The first-order valence-electron chi connectivity index (χ1n) is 18.4. The fraction of sp³-hybridized carbons (Fsp3) is 0. The van der Waals surface area contributed by atoms with Crippen LogP contribution in [0.15, 0.2) is 185 Å². The Bertz CT molecular complexity index is 3170. The van der Waals surface area contributed by atoms with E-state index in [0.29, 0.717) is 28.9 Å². The van der Waals surface area contributed by atoms with Crippen LogP contribution in [0.25, 0.3) is 112 Å². The van der Waals surface area contributed by atoms with Crippen LogP contribution in [0.3, 0.4) is 0 Å². The number of hydrogen-bond donors (Lipinski definition) is 0. The van der Waals surface area contributed by atoms with Crippen LogP contribution in [-0.2, 0) is 0 Å². The third-order valence-electron chi connectivity index (χ3n) is 10.2. The Morgan fingerprint density at radius 2 is 0.839 bits per heavy atom. The molecule has 7 aromatic carbocycles. The van der Waals surface area contributed by atoms with Gasteiger partial charge in [-0.3, -0.25) is 0 Å². The zero-order valence-electron chi connectivity index (χ0n) is 29.8. The average Bonchev–Trinajstić information content (AvgIpc) is 3.85. The second-order valence-corrected chi connectivity index (χ2v) is 13.6. The van der Waals surface area contributed by atoms with Crippen molar-refractivity contribution >= 4 is 44.0 Å². The van der Waals surface area contributed by atoms with Gasteiger partial charge in [-0.1, -0.05) is 146 Å². The molecule has 0 fully saturated rings. The molecule has 4 aromatic heterocycles. The lowest BCUT2D eigenvalue weighted by Crippen LogP contribution is -2.00. The summed E-state index contributed by atoms with van der Waals surface area (Å²) >= 11 is 0. The van der Waals surface area contributed by atoms with Crippen LogP contribution in [0.1, 0.15) is 0 Å². The van der Waals surface area contributed by atoms with Gasteiger partial charge in [0.15, 0.2) is 28.9 Å². The van der Waals surface area contributed by atoms with Crippen LogP contribution in [0.5, 0.6) is 0 Å². The molecule has 0 amide bonds. The monoisotopic (exact) mass is 719 g/mol. The summed E-state index contributed by atoms with van der Waals surface area (Å²) in [7, 11) is 0. The molecule has 0 bridgehead atoms. The number of para-hydroxylation sites is 2. The van der Waals surface area contributed by atoms with Gasteiger partial charge in [0.1, 0.15) is 28.0 Å². The van der Waals surface area contributed by atoms with Gasteiger partial charge < -0.3 is 8.83 Å². The van der Waals surface area contributed by atoms with Crippen LogP contribution in [0.4, 0.5) is 0 Å². The van der Waals surface area contributed by atoms with Gasteiger partial charge in [-0.05, 0) is 41.5 Å². The summed E-state index contributed by atoms with van der Waals surface area (Å²) in [6, 6.07) is 58.9. The molecule has 0 aliphatic carbocycles. The van der Waals surface area contributed by atoms with Crippen LogP contribution >= 0.6 is 0 Å². The van der Waals surface area contributed by atoms with E-state index in [0.717, 1.165) is 83.1 Å². The molecule has 11 rings (SSSR count). The number of rotatable bonds is 6. The molecule has 7 heteroatoms. The summed E-state index contributed by atoms with van der Waals surface area (Å²) in [4.78, 5) is 24.8. The molecule has 0 aliphatic rings. The molecular formula is C49H29N5O2. The minimum atomic E-state index is 0.553. The molecule has 11 aromatic rings. The van der Waals surface area contributed by atoms with Crippen molar-refractivity contribution in [3.63, 3.8) is 0 Å². The Hall–Kier alpha value is -7.77. The normalized spacial score (nSPS) is 11.6. The SMILES string of the molecule is c1ccc(-c2nc(-c3ccccc3)nc(-c3cccc4c3oc3cc(-c5ccc(-c6nc(-c7ccccc7)nc7c6oc6ccccc67)cc5)ccc34)n2)cc1. The first-order valence-corrected chi connectivity index (χ1v) is 18.4. The fourth-order valence-corrected chi connectivity index (χ4v) is 7.41. The van der Waals surface area contributed by atoms with Gasteiger partial charge in [-0.2, -0.15) is 0 Å². The summed E-state index contributed by atoms with van der Waals surface area (Å²) in [5.74, 6) is 2.42. The summed E-state index contributed by atoms with van der Waals surface area (Å²) in [6.07, 6.45) is 0. The molecule has 56 heavy (non-hydrogen) atoms. The van der Waals surface area contributed by atoms with Crippen LogP contribution < -0.4 is 0 Å². The second kappa shape index (κ2) is 13.0. The molecule has 0 radical (unpaired) electrons. The van der Waals surface area contributed by atoms with E-state index < -0.39 is 0 Å². The van der Waals surface area contributed by atoms with E-state index in [1.165, 1.54) is 0 Å². The maximum absolute atomic E-state index is 6.69. The maximum atomic E-state index is 6.69. The van der Waals surface area contributed by atoms with E-state index in [9.17, 15) is 0 Å². The molecule has 0 unspecified atom stereocenters. The van der Waals surface area contributed by atoms with E-state index in [2.05, 4.69) is 48.5 Å². The third-order valence-corrected chi connectivity index (χ3v) is 10.2. The van der Waals surface area contributed by atoms with E-state index in [1.807, 2.05) is 127 Å². The van der Waals surface area contributed by atoms with Crippen LogP contribution in [0.2, 0.25) is 0 Å². The third kappa shape index (κ3) is 5.41. The lowest BCUT2D eigenvalue weighted by atomic mass is 10.0. The van der Waals surface area contributed by atoms with Crippen molar-refractivity contribution in [2.45, 2.75) is 0 Å². The smallest absolute Gasteiger partial charge is 0.180 e. The number of nitrogens with zero attached hydrogens (tertiary/aromatic N) is 5. The summed E-state index contributed by atoms with van der Waals surface area (Å²) in [5, 5.41) is 2.98. The van der Waals surface area contributed by atoms with Crippen molar-refractivity contribution in [2.75, 3.05) is 0 Å². The van der Waals surface area contributed by atoms with Gasteiger partial charge in [-0.25, -0.2) is 24.9 Å². The average molecular weight is 720 g/mol. The van der Waals surface area contributed by atoms with Gasteiger partial charge >= 0.3 is 0 Å². The molecule has 0 aliphatic heterocycles. The van der Waals surface area contributed by atoms with Gasteiger partial charge in [0.2, 0.25) is 0 Å². The molecule has 262 valence electrons. The molecule has 0 spiro atoms. The van der Waals surface area contributed by atoms with E-state index in [4.69, 9.17) is 33.8 Å². The maximum Gasteiger partial charge on any atom is 0.180 e. The lowest BCUT2D eigenvalue weighted by molar-refractivity contribution is 0.667. The molecule has 7 nitrogen and oxygen atoms in total. The minimum absolute atomic E-state index is 0.553. The van der Waals surface area contributed by atoms with Gasteiger partial charge in [0.05, 0.1) is 5.56 Å². The summed E-state index contributed by atoms with van der Waals surface area (Å²) in [5.41, 5.74) is 11.1. The molecule has 4 heterocycles. The Morgan fingerprint density at radius 3 is 1.52 bits per heavy atom. The number of benzene rings is 7. The number of hydrogen-bond acceptors (Lipinski definition) is 7. The van der Waals surface area contributed by atoms with Crippen molar-refractivity contribution in [1.29, 1.82) is 0 Å². The molecule has 0 atom stereocenters. The van der Waals surface area contributed by atoms with Crippen LogP contribution in [-0.4, -0.2) is 24.9 Å². The fourth-order valence-electron chi connectivity index (χ4n) is 7.41. The van der Waals surface area contributed by atoms with E-state index >= 15 is 0 Å². The van der Waals surface area contributed by atoms with E-state index in [1.54, 1.807) is 0 Å². The van der Waals surface area contributed by atoms with Gasteiger partial charge in [-0.15, -0.1) is 0 Å². The van der Waals surface area contributed by atoms with Crippen molar-refractivity contribution in [1.82, 2.24) is 24.9 Å². The second-order valence-electron chi connectivity index (χ2n) is 13.6. The predicted molar refractivity (Wildman–Crippen MR) is 223 cm³/mol. The van der Waals surface area contributed by atoms with Gasteiger partial charge in [0.25, 0.3) is 0 Å². The highest BCUT2D eigenvalue weighted by Crippen LogP contribution is 2.39. The lowest BCUT2D eigenvalue weighted by Gasteiger charge is -2.08. The Labute approximate surface area is 320 Å². The minimum Gasteiger partial charge on any atom is -0.455 e. The zero-order valence-corrected chi connectivity index (χ0v) is 29.8. The predicted octanol–water partition coefficient (Wildman–Crippen LogP) is 12.5. The summed E-state index contributed by atoms with van der Waals surface area (Å²) < 4.78 is 13.1. The number of fused-ring (bicyclic) bond motifs is 6. The van der Waals surface area contributed by atoms with Gasteiger partial charge in [0, 0.05) is 38.4 Å². The highest BCUT2D eigenvalue weighted by atomic mass is 16.3. The number of furan rings is 2. The molecule has 0 saturated heterocycles. The highest BCUT2D eigenvalue weighted by Gasteiger charge is 2.20. The first kappa shape index (κ1) is 31.7. The van der Waals surface area contributed by atoms with Crippen molar-refractivity contribution in [3.8, 4) is 67.9 Å². The highest BCUT2D eigenvalue weighted by molar-refractivity contribution is 6.10. The largest absolute Gasteiger partial charge is 0.455 e. The standard InChI is InChI=1S/C49H29N5O2/c1-4-13-32(14-5-1)46-50-42(45-43(51-46)38-19-10-11-22-40(38)55-45)31-25-23-30(24-26-31)35-27-28-36-37-20-12-21-39(44(37)56-41(36)29-35)49-53-47(33-15-6-2-7-16-33)52-48(54-49)34-17-8-3-9-18-34/h1-29H. The molecule has 0 N–H and O–H groups in total. The van der Waals surface area contributed by atoms with E-state index in [-0.39, 0.29) is 0 Å². The zero-order chi connectivity index (χ0) is 37.0. The van der Waals surface area contributed by atoms with Crippen molar-refractivity contribution in [2.24, 2.45) is 0 Å². The van der Waals surface area contributed by atoms with Crippen molar-refractivity contribution < 1.29 is 8.83 Å². The Morgan fingerprint density at radius 1 is 0.304 bits per heavy atom. The Balaban J connectivity index is 0.996. The quantitative estimate of drug-likeness (QED) is 0.169. The Kier molecular flexibility index (Phi) is 7.35. The molecular weight excluding hydrogens is 691 g/mol. The summed E-state index contributed by atoms with van der Waals surface area (Å²) in [6.45, 7) is 0. The topological polar surface area (TPSA) is 90.7 Å². The van der Waals surface area contributed by atoms with Crippen LogP contribution in [0, 0.1) is 0 Å². The van der Waals surface area contributed by atoms with Crippen molar-refractivity contribution in [3.05, 3.63) is 176 Å².